The number of aryl methyl sites for hydroxylation is 1. The normalized spacial score (nSPS) is 17.4. The van der Waals surface area contributed by atoms with Crippen molar-refractivity contribution in [3.8, 4) is 5.69 Å². The van der Waals surface area contributed by atoms with Crippen molar-refractivity contribution in [2.75, 3.05) is 6.54 Å². The number of benzene rings is 1. The standard InChI is InChI=1S/C19H19ClN4O2S/c1-11-14-10-16(18(26)23-9-3-2-4-15(23)17(21)25)27-19(14)24(22-11)13-7-5-12(20)6-8-13/h5-8,10,15H,2-4,9H2,1H3,(H2,21,25). The summed E-state index contributed by atoms with van der Waals surface area (Å²) in [4.78, 5) is 27.9. The molecule has 0 saturated carbocycles. The number of amides is 2. The summed E-state index contributed by atoms with van der Waals surface area (Å²) in [6.45, 7) is 2.48. The van der Waals surface area contributed by atoms with Crippen molar-refractivity contribution in [2.24, 2.45) is 5.73 Å². The second-order valence-corrected chi connectivity index (χ2v) is 8.18. The molecule has 1 fully saturated rings. The van der Waals surface area contributed by atoms with Crippen LogP contribution >= 0.6 is 22.9 Å². The van der Waals surface area contributed by atoms with Crippen molar-refractivity contribution in [3.63, 3.8) is 0 Å². The van der Waals surface area contributed by atoms with Gasteiger partial charge in [0.1, 0.15) is 10.9 Å². The Hall–Kier alpha value is -2.38. The zero-order valence-corrected chi connectivity index (χ0v) is 16.4. The molecule has 0 spiro atoms. The number of aromatic nitrogens is 2. The second-order valence-electron chi connectivity index (χ2n) is 6.72. The lowest BCUT2D eigenvalue weighted by molar-refractivity contribution is -0.123. The van der Waals surface area contributed by atoms with Crippen LogP contribution in [0.5, 0.6) is 0 Å². The Morgan fingerprint density at radius 1 is 1.26 bits per heavy atom. The van der Waals surface area contributed by atoms with Crippen LogP contribution in [-0.4, -0.2) is 39.1 Å². The highest BCUT2D eigenvalue weighted by Gasteiger charge is 2.32. The summed E-state index contributed by atoms with van der Waals surface area (Å²) in [6.07, 6.45) is 2.43. The van der Waals surface area contributed by atoms with E-state index in [2.05, 4.69) is 5.10 Å². The van der Waals surface area contributed by atoms with E-state index in [0.717, 1.165) is 34.4 Å². The number of primary amides is 1. The van der Waals surface area contributed by atoms with Crippen LogP contribution in [0.4, 0.5) is 0 Å². The molecule has 0 radical (unpaired) electrons. The second kappa shape index (κ2) is 6.98. The highest BCUT2D eigenvalue weighted by molar-refractivity contribution is 7.20. The van der Waals surface area contributed by atoms with E-state index in [1.807, 2.05) is 41.9 Å². The average Bonchev–Trinajstić information content (AvgIpc) is 3.23. The summed E-state index contributed by atoms with van der Waals surface area (Å²) < 4.78 is 1.82. The van der Waals surface area contributed by atoms with Crippen molar-refractivity contribution >= 4 is 45.0 Å². The topological polar surface area (TPSA) is 81.2 Å². The van der Waals surface area contributed by atoms with Gasteiger partial charge in [0.2, 0.25) is 5.91 Å². The molecule has 1 atom stereocenters. The van der Waals surface area contributed by atoms with Crippen molar-refractivity contribution in [1.82, 2.24) is 14.7 Å². The van der Waals surface area contributed by atoms with Gasteiger partial charge < -0.3 is 10.6 Å². The number of rotatable bonds is 3. The van der Waals surface area contributed by atoms with Gasteiger partial charge in [-0.2, -0.15) is 5.10 Å². The van der Waals surface area contributed by atoms with E-state index < -0.39 is 11.9 Å². The summed E-state index contributed by atoms with van der Waals surface area (Å²) >= 11 is 7.36. The Labute approximate surface area is 165 Å². The fraction of sp³-hybridized carbons (Fsp3) is 0.316. The number of carbonyl (C=O) groups is 2. The van der Waals surface area contributed by atoms with Crippen LogP contribution in [0.15, 0.2) is 30.3 Å². The molecule has 0 aliphatic carbocycles. The highest BCUT2D eigenvalue weighted by atomic mass is 35.5. The Kier molecular flexibility index (Phi) is 4.65. The quantitative estimate of drug-likeness (QED) is 0.727. The van der Waals surface area contributed by atoms with Crippen LogP contribution in [0.25, 0.3) is 15.9 Å². The predicted molar refractivity (Wildman–Crippen MR) is 107 cm³/mol. The molecule has 0 bridgehead atoms. The molecule has 1 saturated heterocycles. The number of likely N-dealkylation sites (tertiary alicyclic amines) is 1. The fourth-order valence-electron chi connectivity index (χ4n) is 3.52. The van der Waals surface area contributed by atoms with Crippen molar-refractivity contribution in [3.05, 3.63) is 45.9 Å². The lowest BCUT2D eigenvalue weighted by Crippen LogP contribution is -2.50. The molecule has 2 amide bonds. The summed E-state index contributed by atoms with van der Waals surface area (Å²) in [5, 5.41) is 6.18. The molecule has 3 aromatic rings. The first-order valence-electron chi connectivity index (χ1n) is 8.81. The maximum atomic E-state index is 13.1. The van der Waals surface area contributed by atoms with Gasteiger partial charge in [-0.1, -0.05) is 11.6 Å². The van der Waals surface area contributed by atoms with Crippen LogP contribution in [0.1, 0.15) is 34.6 Å². The molecular weight excluding hydrogens is 384 g/mol. The van der Waals surface area contributed by atoms with Crippen LogP contribution < -0.4 is 5.73 Å². The number of halogens is 1. The van der Waals surface area contributed by atoms with Crippen LogP contribution in [0.2, 0.25) is 5.02 Å². The average molecular weight is 403 g/mol. The summed E-state index contributed by atoms with van der Waals surface area (Å²) in [6, 6.07) is 8.75. The van der Waals surface area contributed by atoms with E-state index in [9.17, 15) is 9.59 Å². The first-order chi connectivity index (χ1) is 13.0. The van der Waals surface area contributed by atoms with E-state index in [1.54, 1.807) is 4.90 Å². The zero-order valence-electron chi connectivity index (χ0n) is 14.8. The van der Waals surface area contributed by atoms with Gasteiger partial charge in [0.25, 0.3) is 5.91 Å². The molecule has 3 heterocycles. The van der Waals surface area contributed by atoms with Crippen LogP contribution in [0, 0.1) is 6.92 Å². The molecule has 8 heteroatoms. The molecule has 1 aliphatic heterocycles. The third kappa shape index (κ3) is 3.21. The molecule has 6 nitrogen and oxygen atoms in total. The number of carbonyl (C=O) groups excluding carboxylic acids is 2. The van der Waals surface area contributed by atoms with E-state index in [0.29, 0.717) is 22.9 Å². The third-order valence-electron chi connectivity index (χ3n) is 4.92. The van der Waals surface area contributed by atoms with Gasteiger partial charge in [-0.25, -0.2) is 4.68 Å². The van der Waals surface area contributed by atoms with Gasteiger partial charge in [-0.3, -0.25) is 9.59 Å². The molecule has 2 N–H and O–H groups in total. The van der Waals surface area contributed by atoms with Gasteiger partial charge in [0, 0.05) is 17.0 Å². The maximum absolute atomic E-state index is 13.1. The van der Waals surface area contributed by atoms with Crippen LogP contribution in [0.3, 0.4) is 0 Å². The smallest absolute Gasteiger partial charge is 0.264 e. The van der Waals surface area contributed by atoms with Crippen molar-refractivity contribution in [2.45, 2.75) is 32.2 Å². The largest absolute Gasteiger partial charge is 0.368 e. The number of hydrogen-bond donors (Lipinski definition) is 1. The Balaban J connectivity index is 1.73. The van der Waals surface area contributed by atoms with Crippen molar-refractivity contribution in [1.29, 1.82) is 0 Å². The van der Waals surface area contributed by atoms with Gasteiger partial charge in [-0.15, -0.1) is 11.3 Å². The number of thiophene rings is 1. The van der Waals surface area contributed by atoms with E-state index in [4.69, 9.17) is 17.3 Å². The highest BCUT2D eigenvalue weighted by Crippen LogP contribution is 2.32. The van der Waals surface area contributed by atoms with Gasteiger partial charge in [0.15, 0.2) is 0 Å². The molecule has 140 valence electrons. The monoisotopic (exact) mass is 402 g/mol. The molecule has 2 aromatic heterocycles. The number of fused-ring (bicyclic) bond motifs is 1. The summed E-state index contributed by atoms with van der Waals surface area (Å²) in [5.41, 5.74) is 7.24. The molecule has 1 unspecified atom stereocenters. The Morgan fingerprint density at radius 3 is 2.70 bits per heavy atom. The predicted octanol–water partition coefficient (Wildman–Crippen LogP) is 3.53. The third-order valence-corrected chi connectivity index (χ3v) is 6.27. The fourth-order valence-corrected chi connectivity index (χ4v) is 4.79. The van der Waals surface area contributed by atoms with E-state index >= 15 is 0 Å². The molecular formula is C19H19ClN4O2S. The Morgan fingerprint density at radius 2 is 2.00 bits per heavy atom. The molecule has 1 aromatic carbocycles. The Bertz CT molecular complexity index is 1020. The SMILES string of the molecule is Cc1nn(-c2ccc(Cl)cc2)c2sc(C(=O)N3CCCCC3C(N)=O)cc12. The lowest BCUT2D eigenvalue weighted by atomic mass is 10.0. The number of nitrogens with two attached hydrogens (primary N) is 1. The maximum Gasteiger partial charge on any atom is 0.264 e. The number of piperidine rings is 1. The molecule has 27 heavy (non-hydrogen) atoms. The van der Waals surface area contributed by atoms with E-state index in [1.165, 1.54) is 11.3 Å². The summed E-state index contributed by atoms with van der Waals surface area (Å²) in [5.74, 6) is -0.575. The molecule has 4 rings (SSSR count). The zero-order chi connectivity index (χ0) is 19.1. The number of nitrogens with zero attached hydrogens (tertiary/aromatic N) is 3. The van der Waals surface area contributed by atoms with E-state index in [-0.39, 0.29) is 5.91 Å². The first-order valence-corrected chi connectivity index (χ1v) is 10.0. The first kappa shape index (κ1) is 18.0. The minimum atomic E-state index is -0.523. The molecule has 1 aliphatic rings. The summed E-state index contributed by atoms with van der Waals surface area (Å²) in [7, 11) is 0. The van der Waals surface area contributed by atoms with Crippen LogP contribution in [-0.2, 0) is 4.79 Å². The van der Waals surface area contributed by atoms with Gasteiger partial charge in [0.05, 0.1) is 16.3 Å². The lowest BCUT2D eigenvalue weighted by Gasteiger charge is -2.33. The van der Waals surface area contributed by atoms with Gasteiger partial charge >= 0.3 is 0 Å². The van der Waals surface area contributed by atoms with Gasteiger partial charge in [-0.05, 0) is 56.5 Å². The minimum absolute atomic E-state index is 0.137. The number of hydrogen-bond acceptors (Lipinski definition) is 4. The van der Waals surface area contributed by atoms with Crippen molar-refractivity contribution < 1.29 is 9.59 Å². The minimum Gasteiger partial charge on any atom is -0.368 e.